The van der Waals surface area contributed by atoms with Gasteiger partial charge in [-0.05, 0) is 32.0 Å². The minimum Gasteiger partial charge on any atom is -0.384 e. The molecule has 0 bridgehead atoms. The Morgan fingerprint density at radius 3 is 2.55 bits per heavy atom. The first-order valence-electron chi connectivity index (χ1n) is 6.09. The summed E-state index contributed by atoms with van der Waals surface area (Å²) < 4.78 is 24.6. The van der Waals surface area contributed by atoms with Crippen LogP contribution in [0.5, 0.6) is 0 Å². The summed E-state index contributed by atoms with van der Waals surface area (Å²) in [7, 11) is -3.39. The van der Waals surface area contributed by atoms with Crippen LogP contribution in [0.3, 0.4) is 0 Å². The van der Waals surface area contributed by atoms with Crippen LogP contribution in [0.25, 0.3) is 0 Å². The first kappa shape index (κ1) is 14.3. The van der Waals surface area contributed by atoms with E-state index in [0.29, 0.717) is 11.5 Å². The molecule has 0 radical (unpaired) electrons. The van der Waals surface area contributed by atoms with Crippen molar-refractivity contribution in [1.29, 1.82) is 0 Å². The molecule has 2 rings (SSSR count). The zero-order valence-corrected chi connectivity index (χ0v) is 12.1. The number of hydrogen-bond donors (Lipinski definition) is 2. The van der Waals surface area contributed by atoms with Crippen LogP contribution in [-0.4, -0.2) is 23.6 Å². The number of para-hydroxylation sites is 1. The van der Waals surface area contributed by atoms with Crippen LogP contribution in [0.1, 0.15) is 13.8 Å². The molecule has 0 saturated heterocycles. The van der Waals surface area contributed by atoms with Gasteiger partial charge in [-0.2, -0.15) is 4.98 Å². The van der Waals surface area contributed by atoms with E-state index in [1.54, 1.807) is 44.2 Å². The summed E-state index contributed by atoms with van der Waals surface area (Å²) in [5, 5.41) is 2.39. The summed E-state index contributed by atoms with van der Waals surface area (Å²) in [5.41, 5.74) is 6.01. The number of nitrogen functional groups attached to an aromatic ring is 1. The Labute approximate surface area is 118 Å². The van der Waals surface area contributed by atoms with Gasteiger partial charge < -0.3 is 11.1 Å². The van der Waals surface area contributed by atoms with E-state index in [2.05, 4.69) is 15.3 Å². The van der Waals surface area contributed by atoms with Crippen molar-refractivity contribution in [1.82, 2.24) is 9.97 Å². The SMILES string of the molecule is CC(C)S(=O)(=O)c1ccccc1Nc1nccc(N)n1. The van der Waals surface area contributed by atoms with Crippen LogP contribution >= 0.6 is 0 Å². The lowest BCUT2D eigenvalue weighted by Crippen LogP contribution is -2.15. The first-order valence-corrected chi connectivity index (χ1v) is 7.64. The molecule has 1 aromatic carbocycles. The Hall–Kier alpha value is -2.15. The third kappa shape index (κ3) is 2.88. The predicted octanol–water partition coefficient (Wildman–Crippen LogP) is 1.98. The molecule has 6 nitrogen and oxygen atoms in total. The number of hydrogen-bond acceptors (Lipinski definition) is 6. The molecule has 106 valence electrons. The van der Waals surface area contributed by atoms with Crippen LogP contribution in [0.15, 0.2) is 41.4 Å². The van der Waals surface area contributed by atoms with Gasteiger partial charge in [0.25, 0.3) is 0 Å². The Balaban J connectivity index is 2.44. The molecule has 0 fully saturated rings. The molecule has 20 heavy (non-hydrogen) atoms. The zero-order valence-electron chi connectivity index (χ0n) is 11.2. The lowest BCUT2D eigenvalue weighted by molar-refractivity contribution is 0.588. The normalized spacial score (nSPS) is 11.6. The first-order chi connectivity index (χ1) is 9.41. The third-order valence-electron chi connectivity index (χ3n) is 2.74. The van der Waals surface area contributed by atoms with Crippen molar-refractivity contribution < 1.29 is 8.42 Å². The molecule has 0 atom stereocenters. The summed E-state index contributed by atoms with van der Waals surface area (Å²) >= 11 is 0. The summed E-state index contributed by atoms with van der Waals surface area (Å²) in [5.74, 6) is 0.572. The highest BCUT2D eigenvalue weighted by atomic mass is 32.2. The molecule has 0 unspecified atom stereocenters. The van der Waals surface area contributed by atoms with Crippen LogP contribution in [0, 0.1) is 0 Å². The summed E-state index contributed by atoms with van der Waals surface area (Å²) in [6.45, 7) is 3.28. The molecule has 3 N–H and O–H groups in total. The van der Waals surface area contributed by atoms with E-state index in [1.165, 1.54) is 6.20 Å². The highest BCUT2D eigenvalue weighted by Crippen LogP contribution is 2.26. The van der Waals surface area contributed by atoms with Gasteiger partial charge in [-0.25, -0.2) is 13.4 Å². The van der Waals surface area contributed by atoms with Crippen LogP contribution in [-0.2, 0) is 9.84 Å². The van der Waals surface area contributed by atoms with Gasteiger partial charge in [0.05, 0.1) is 15.8 Å². The molecule has 0 spiro atoms. The lowest BCUT2D eigenvalue weighted by Gasteiger charge is -2.13. The van der Waals surface area contributed by atoms with Gasteiger partial charge in [0.2, 0.25) is 5.95 Å². The van der Waals surface area contributed by atoms with Crippen molar-refractivity contribution in [2.24, 2.45) is 0 Å². The van der Waals surface area contributed by atoms with Gasteiger partial charge in [-0.3, -0.25) is 0 Å². The van der Waals surface area contributed by atoms with Crippen LogP contribution in [0.2, 0.25) is 0 Å². The average Bonchev–Trinajstić information content (AvgIpc) is 2.39. The molecule has 0 aliphatic rings. The quantitative estimate of drug-likeness (QED) is 0.894. The number of rotatable bonds is 4. The standard InChI is InChI=1S/C13H16N4O2S/c1-9(2)20(18,19)11-6-4-3-5-10(11)16-13-15-8-7-12(14)17-13/h3-9H,1-2H3,(H3,14,15,16,17). The zero-order chi connectivity index (χ0) is 14.8. The van der Waals surface area contributed by atoms with E-state index in [4.69, 9.17) is 5.73 Å². The number of nitrogens with one attached hydrogen (secondary N) is 1. The maximum Gasteiger partial charge on any atom is 0.229 e. The smallest absolute Gasteiger partial charge is 0.229 e. The van der Waals surface area contributed by atoms with Crippen molar-refractivity contribution in [2.75, 3.05) is 11.1 Å². The molecule has 7 heteroatoms. The van der Waals surface area contributed by atoms with Crippen LogP contribution < -0.4 is 11.1 Å². The van der Waals surface area contributed by atoms with Crippen molar-refractivity contribution in [2.45, 2.75) is 24.0 Å². The second-order valence-electron chi connectivity index (χ2n) is 4.52. The van der Waals surface area contributed by atoms with Crippen molar-refractivity contribution in [3.05, 3.63) is 36.5 Å². The predicted molar refractivity (Wildman–Crippen MR) is 78.5 cm³/mol. The fourth-order valence-electron chi connectivity index (χ4n) is 1.63. The molecule has 0 aliphatic heterocycles. The number of nitrogens with zero attached hydrogens (tertiary/aromatic N) is 2. The van der Waals surface area contributed by atoms with Crippen molar-refractivity contribution >= 4 is 27.3 Å². The lowest BCUT2D eigenvalue weighted by atomic mass is 10.3. The fourth-order valence-corrected chi connectivity index (χ4v) is 2.83. The van der Waals surface area contributed by atoms with E-state index >= 15 is 0 Å². The van der Waals surface area contributed by atoms with E-state index in [1.807, 2.05) is 0 Å². The van der Waals surface area contributed by atoms with Gasteiger partial charge in [0.1, 0.15) is 5.82 Å². The molecule has 0 saturated carbocycles. The molecule has 2 aromatic rings. The highest BCUT2D eigenvalue weighted by Gasteiger charge is 2.22. The second-order valence-corrected chi connectivity index (χ2v) is 6.99. The number of nitrogens with two attached hydrogens (primary N) is 1. The maximum atomic E-state index is 12.3. The molecule has 0 amide bonds. The molecular formula is C13H16N4O2S. The average molecular weight is 292 g/mol. The van der Waals surface area contributed by atoms with Crippen molar-refractivity contribution in [3.63, 3.8) is 0 Å². The van der Waals surface area contributed by atoms with Gasteiger partial charge in [-0.15, -0.1) is 0 Å². The minimum atomic E-state index is -3.39. The number of benzene rings is 1. The van der Waals surface area contributed by atoms with E-state index in [-0.39, 0.29) is 10.8 Å². The Bertz CT molecular complexity index is 714. The van der Waals surface area contributed by atoms with Crippen molar-refractivity contribution in [3.8, 4) is 0 Å². The van der Waals surface area contributed by atoms with Gasteiger partial charge >= 0.3 is 0 Å². The van der Waals surface area contributed by atoms with Gasteiger partial charge in [0.15, 0.2) is 9.84 Å². The van der Waals surface area contributed by atoms with E-state index in [0.717, 1.165) is 0 Å². The fraction of sp³-hybridized carbons (Fsp3) is 0.231. The minimum absolute atomic E-state index is 0.223. The second kappa shape index (κ2) is 5.46. The Morgan fingerprint density at radius 1 is 1.20 bits per heavy atom. The number of anilines is 3. The summed E-state index contributed by atoms with van der Waals surface area (Å²) in [6, 6.07) is 8.21. The van der Waals surface area contributed by atoms with E-state index < -0.39 is 15.1 Å². The Kier molecular flexibility index (Phi) is 3.89. The monoisotopic (exact) mass is 292 g/mol. The molecule has 1 aromatic heterocycles. The highest BCUT2D eigenvalue weighted by molar-refractivity contribution is 7.92. The summed E-state index contributed by atoms with van der Waals surface area (Å²) in [4.78, 5) is 8.23. The van der Waals surface area contributed by atoms with E-state index in [9.17, 15) is 8.42 Å². The molecule has 1 heterocycles. The molecular weight excluding hydrogens is 276 g/mol. The maximum absolute atomic E-state index is 12.3. The Morgan fingerprint density at radius 2 is 1.90 bits per heavy atom. The number of aromatic nitrogens is 2. The van der Waals surface area contributed by atoms with Crippen LogP contribution in [0.4, 0.5) is 17.5 Å². The molecule has 0 aliphatic carbocycles. The van der Waals surface area contributed by atoms with Gasteiger partial charge in [0, 0.05) is 6.20 Å². The number of sulfone groups is 1. The topological polar surface area (TPSA) is 98.0 Å². The van der Waals surface area contributed by atoms with Gasteiger partial charge in [-0.1, -0.05) is 12.1 Å². The summed E-state index contributed by atoms with van der Waals surface area (Å²) in [6.07, 6.45) is 1.50. The third-order valence-corrected chi connectivity index (χ3v) is 4.95. The largest absolute Gasteiger partial charge is 0.384 e.